The Hall–Kier alpha value is -1.79. The fraction of sp³-hybridized carbons (Fsp3) is 0.632. The summed E-state index contributed by atoms with van der Waals surface area (Å²) in [7, 11) is 1.75. The lowest BCUT2D eigenvalue weighted by Gasteiger charge is -2.22. The van der Waals surface area contributed by atoms with Gasteiger partial charge in [0.25, 0.3) is 5.88 Å². The molecule has 0 spiro atoms. The lowest BCUT2D eigenvalue weighted by molar-refractivity contribution is 0.0235. The Morgan fingerprint density at radius 3 is 2.84 bits per heavy atom. The highest BCUT2D eigenvalue weighted by atomic mass is 16.5. The van der Waals surface area contributed by atoms with E-state index in [1.807, 2.05) is 18.2 Å². The zero-order valence-electron chi connectivity index (χ0n) is 14.7. The standard InChI is InChI=1S/C19H26N2O4/c1-22-14-4-2-5-15(14)24-16-6-3-7-17-18(16)19(21-25-17)23-12-13-8-10-20-11-9-13/h3,6-7,13-15,20H,2,4-5,8-12H2,1H3/t14-,15+/m0/s1. The van der Waals surface area contributed by atoms with Crippen molar-refractivity contribution in [3.8, 4) is 11.6 Å². The molecule has 6 nitrogen and oxygen atoms in total. The van der Waals surface area contributed by atoms with Gasteiger partial charge in [-0.2, -0.15) is 0 Å². The van der Waals surface area contributed by atoms with Crippen LogP contribution in [0, 0.1) is 5.92 Å². The van der Waals surface area contributed by atoms with Crippen LogP contribution >= 0.6 is 0 Å². The molecule has 0 amide bonds. The van der Waals surface area contributed by atoms with Gasteiger partial charge < -0.3 is 24.1 Å². The molecule has 0 bridgehead atoms. The van der Waals surface area contributed by atoms with Crippen molar-refractivity contribution in [2.45, 2.75) is 44.3 Å². The molecule has 6 heteroatoms. The highest BCUT2D eigenvalue weighted by Crippen LogP contribution is 2.36. The smallest absolute Gasteiger partial charge is 0.265 e. The molecule has 136 valence electrons. The molecule has 0 unspecified atom stereocenters. The van der Waals surface area contributed by atoms with Gasteiger partial charge in [-0.05, 0) is 68.4 Å². The molecule has 2 aliphatic rings. The van der Waals surface area contributed by atoms with E-state index in [2.05, 4.69) is 10.5 Å². The molecule has 0 radical (unpaired) electrons. The van der Waals surface area contributed by atoms with Gasteiger partial charge in [-0.1, -0.05) is 6.07 Å². The lowest BCUT2D eigenvalue weighted by Crippen LogP contribution is -2.30. The van der Waals surface area contributed by atoms with E-state index in [1.165, 1.54) is 0 Å². The van der Waals surface area contributed by atoms with Crippen LogP contribution in [-0.4, -0.2) is 44.2 Å². The number of nitrogens with one attached hydrogen (secondary N) is 1. The summed E-state index contributed by atoms with van der Waals surface area (Å²) in [4.78, 5) is 0. The third-order valence-electron chi connectivity index (χ3n) is 5.32. The number of hydrogen-bond donors (Lipinski definition) is 1. The molecule has 1 saturated heterocycles. The van der Waals surface area contributed by atoms with Gasteiger partial charge in [0.15, 0.2) is 5.58 Å². The van der Waals surface area contributed by atoms with Crippen LogP contribution in [0.5, 0.6) is 11.6 Å². The number of aromatic nitrogens is 1. The van der Waals surface area contributed by atoms with E-state index in [4.69, 9.17) is 18.7 Å². The number of ether oxygens (including phenoxy) is 3. The topological polar surface area (TPSA) is 65.8 Å². The Morgan fingerprint density at radius 1 is 1.16 bits per heavy atom. The molecular weight excluding hydrogens is 320 g/mol. The maximum atomic E-state index is 6.27. The summed E-state index contributed by atoms with van der Waals surface area (Å²) in [5.41, 5.74) is 0.699. The van der Waals surface area contributed by atoms with Crippen LogP contribution in [0.2, 0.25) is 0 Å². The van der Waals surface area contributed by atoms with Crippen molar-refractivity contribution >= 4 is 11.0 Å². The Balaban J connectivity index is 1.52. The number of hydrogen-bond acceptors (Lipinski definition) is 6. The van der Waals surface area contributed by atoms with Crippen molar-refractivity contribution in [3.63, 3.8) is 0 Å². The van der Waals surface area contributed by atoms with E-state index in [0.29, 0.717) is 24.0 Å². The van der Waals surface area contributed by atoms with Crippen molar-refractivity contribution in [2.24, 2.45) is 5.92 Å². The first-order valence-corrected chi connectivity index (χ1v) is 9.26. The fourth-order valence-electron chi connectivity index (χ4n) is 3.84. The highest BCUT2D eigenvalue weighted by Gasteiger charge is 2.30. The van der Waals surface area contributed by atoms with Crippen molar-refractivity contribution in [1.29, 1.82) is 0 Å². The maximum absolute atomic E-state index is 6.27. The summed E-state index contributed by atoms with van der Waals surface area (Å²) in [6.07, 6.45) is 5.66. The molecule has 2 aromatic rings. The largest absolute Gasteiger partial charge is 0.487 e. The molecule has 2 heterocycles. The Morgan fingerprint density at radius 2 is 2.00 bits per heavy atom. The minimum Gasteiger partial charge on any atom is -0.487 e. The minimum absolute atomic E-state index is 0.0720. The Labute approximate surface area is 147 Å². The number of piperidine rings is 1. The number of rotatable bonds is 6. The van der Waals surface area contributed by atoms with Crippen LogP contribution in [-0.2, 0) is 4.74 Å². The van der Waals surface area contributed by atoms with E-state index in [-0.39, 0.29) is 12.2 Å². The molecule has 1 aliphatic heterocycles. The van der Waals surface area contributed by atoms with E-state index >= 15 is 0 Å². The van der Waals surface area contributed by atoms with E-state index in [0.717, 1.165) is 56.3 Å². The summed E-state index contributed by atoms with van der Waals surface area (Å²) < 4.78 is 23.3. The molecule has 1 saturated carbocycles. The van der Waals surface area contributed by atoms with E-state index in [1.54, 1.807) is 7.11 Å². The third kappa shape index (κ3) is 3.60. The fourth-order valence-corrected chi connectivity index (χ4v) is 3.84. The number of fused-ring (bicyclic) bond motifs is 1. The first kappa shape index (κ1) is 16.7. The zero-order valence-corrected chi connectivity index (χ0v) is 14.7. The quantitative estimate of drug-likeness (QED) is 0.867. The number of benzene rings is 1. The van der Waals surface area contributed by atoms with Gasteiger partial charge in [0.05, 0.1) is 12.7 Å². The van der Waals surface area contributed by atoms with Crippen molar-refractivity contribution in [1.82, 2.24) is 10.5 Å². The van der Waals surface area contributed by atoms with Gasteiger partial charge in [-0.15, -0.1) is 0 Å². The minimum atomic E-state index is 0.0720. The van der Waals surface area contributed by atoms with E-state index in [9.17, 15) is 0 Å². The molecule has 2 atom stereocenters. The van der Waals surface area contributed by atoms with Gasteiger partial charge >= 0.3 is 0 Å². The first-order chi connectivity index (χ1) is 12.3. The molecular formula is C19H26N2O4. The van der Waals surface area contributed by atoms with Gasteiger partial charge in [-0.3, -0.25) is 0 Å². The van der Waals surface area contributed by atoms with Crippen LogP contribution in [0.1, 0.15) is 32.1 Å². The molecule has 1 aromatic heterocycles. The van der Waals surface area contributed by atoms with Gasteiger partial charge in [0.2, 0.25) is 0 Å². The number of nitrogens with zero attached hydrogens (tertiary/aromatic N) is 1. The van der Waals surface area contributed by atoms with Crippen LogP contribution < -0.4 is 14.8 Å². The van der Waals surface area contributed by atoms with Gasteiger partial charge in [0.1, 0.15) is 17.2 Å². The summed E-state index contributed by atoms with van der Waals surface area (Å²) in [6, 6.07) is 5.78. The number of methoxy groups -OCH3 is 1. The van der Waals surface area contributed by atoms with Gasteiger partial charge in [-0.25, -0.2) is 0 Å². The molecule has 2 fully saturated rings. The third-order valence-corrected chi connectivity index (χ3v) is 5.32. The predicted molar refractivity (Wildman–Crippen MR) is 94.2 cm³/mol. The second-order valence-corrected chi connectivity index (χ2v) is 6.98. The normalized spacial score (nSPS) is 24.7. The second kappa shape index (κ2) is 7.62. The average Bonchev–Trinajstić information content (AvgIpc) is 3.28. The van der Waals surface area contributed by atoms with Crippen LogP contribution in [0.3, 0.4) is 0 Å². The predicted octanol–water partition coefficient (Wildman–Crippen LogP) is 3.15. The molecule has 1 aliphatic carbocycles. The molecule has 1 aromatic carbocycles. The highest BCUT2D eigenvalue weighted by molar-refractivity contribution is 5.88. The summed E-state index contributed by atoms with van der Waals surface area (Å²) >= 11 is 0. The molecule has 1 N–H and O–H groups in total. The maximum Gasteiger partial charge on any atom is 0.265 e. The summed E-state index contributed by atoms with van der Waals surface area (Å²) in [5, 5.41) is 8.34. The van der Waals surface area contributed by atoms with Crippen LogP contribution in [0.25, 0.3) is 11.0 Å². The lowest BCUT2D eigenvalue weighted by atomic mass is 9.99. The SMILES string of the molecule is CO[C@H]1CCC[C@H]1Oc1cccc2onc(OCC3CCNCC3)c12. The zero-order chi connectivity index (χ0) is 17.1. The second-order valence-electron chi connectivity index (χ2n) is 6.98. The molecule has 4 rings (SSSR count). The Bertz CT molecular complexity index is 696. The van der Waals surface area contributed by atoms with Crippen LogP contribution in [0.15, 0.2) is 22.7 Å². The van der Waals surface area contributed by atoms with Crippen molar-refractivity contribution < 1.29 is 18.7 Å². The van der Waals surface area contributed by atoms with E-state index < -0.39 is 0 Å². The first-order valence-electron chi connectivity index (χ1n) is 9.26. The monoisotopic (exact) mass is 346 g/mol. The van der Waals surface area contributed by atoms with Gasteiger partial charge in [0, 0.05) is 7.11 Å². The van der Waals surface area contributed by atoms with Crippen LogP contribution in [0.4, 0.5) is 0 Å². The summed E-state index contributed by atoms with van der Waals surface area (Å²) in [5.74, 6) is 1.87. The average molecular weight is 346 g/mol. The summed E-state index contributed by atoms with van der Waals surface area (Å²) in [6.45, 7) is 2.78. The van der Waals surface area contributed by atoms with Crippen molar-refractivity contribution in [3.05, 3.63) is 18.2 Å². The van der Waals surface area contributed by atoms with Crippen molar-refractivity contribution in [2.75, 3.05) is 26.8 Å². The molecule has 25 heavy (non-hydrogen) atoms. The Kier molecular flexibility index (Phi) is 5.08.